The van der Waals surface area contributed by atoms with E-state index in [1.165, 1.54) is 50.5 Å². The molecule has 1 saturated carbocycles. The monoisotopic (exact) mass is 222 g/mol. The highest BCUT2D eigenvalue weighted by Crippen LogP contribution is 2.32. The molecule has 90 valence electrons. The van der Waals surface area contributed by atoms with E-state index in [1.54, 1.807) is 6.26 Å². The molecule has 1 aromatic heterocycles. The molecule has 0 aromatic carbocycles. The molecule has 16 heavy (non-hydrogen) atoms. The fourth-order valence-electron chi connectivity index (χ4n) is 2.78. The first-order valence-corrected chi connectivity index (χ1v) is 6.40. The zero-order valence-electron chi connectivity index (χ0n) is 9.82. The third-order valence-corrected chi connectivity index (χ3v) is 3.70. The molecule has 1 fully saturated rings. The molecule has 0 spiro atoms. The number of hydrogen-bond donors (Lipinski definition) is 2. The maximum absolute atomic E-state index is 5.69. The second kappa shape index (κ2) is 6.06. The zero-order valence-corrected chi connectivity index (χ0v) is 9.82. The van der Waals surface area contributed by atoms with E-state index in [1.807, 2.05) is 12.3 Å². The maximum Gasteiger partial charge on any atom is 0.0950 e. The minimum Gasteiger partial charge on any atom is -0.472 e. The molecule has 1 aromatic rings. The molecule has 2 rings (SSSR count). The fourth-order valence-corrected chi connectivity index (χ4v) is 2.78. The lowest BCUT2D eigenvalue weighted by atomic mass is 9.84. The van der Waals surface area contributed by atoms with Crippen LogP contribution in [0.3, 0.4) is 0 Å². The molecule has 1 unspecified atom stereocenters. The molecule has 0 bridgehead atoms. The van der Waals surface area contributed by atoms with Gasteiger partial charge in [0.2, 0.25) is 0 Å². The van der Waals surface area contributed by atoms with Gasteiger partial charge in [-0.15, -0.1) is 0 Å². The van der Waals surface area contributed by atoms with Gasteiger partial charge in [0.25, 0.3) is 0 Å². The number of furan rings is 1. The van der Waals surface area contributed by atoms with Crippen molar-refractivity contribution in [1.82, 2.24) is 5.43 Å². The quantitative estimate of drug-likeness (QED) is 0.610. The highest BCUT2D eigenvalue weighted by Gasteiger charge is 2.23. The summed E-state index contributed by atoms with van der Waals surface area (Å²) in [6.07, 6.45) is 12.9. The smallest absolute Gasteiger partial charge is 0.0950 e. The molecular weight excluding hydrogens is 200 g/mol. The minimum atomic E-state index is 0.261. The Morgan fingerprint density at radius 3 is 2.44 bits per heavy atom. The Bertz CT molecular complexity index is 276. The Morgan fingerprint density at radius 1 is 1.19 bits per heavy atom. The van der Waals surface area contributed by atoms with Gasteiger partial charge in [-0.05, 0) is 24.8 Å². The maximum atomic E-state index is 5.69. The molecule has 1 atom stereocenters. The van der Waals surface area contributed by atoms with E-state index >= 15 is 0 Å². The average molecular weight is 222 g/mol. The summed E-state index contributed by atoms with van der Waals surface area (Å²) >= 11 is 0. The van der Waals surface area contributed by atoms with Crippen LogP contribution in [0.4, 0.5) is 0 Å². The predicted octanol–water partition coefficient (Wildman–Crippen LogP) is 3.14. The van der Waals surface area contributed by atoms with Crippen molar-refractivity contribution in [2.24, 2.45) is 11.8 Å². The van der Waals surface area contributed by atoms with Gasteiger partial charge in [0.05, 0.1) is 18.6 Å². The third kappa shape index (κ3) is 2.86. The predicted molar refractivity (Wildman–Crippen MR) is 64.6 cm³/mol. The van der Waals surface area contributed by atoms with Gasteiger partial charge >= 0.3 is 0 Å². The van der Waals surface area contributed by atoms with Crippen LogP contribution in [-0.4, -0.2) is 0 Å². The molecule has 0 aliphatic heterocycles. The Labute approximate surface area is 97.4 Å². The van der Waals surface area contributed by atoms with Crippen molar-refractivity contribution >= 4 is 0 Å². The van der Waals surface area contributed by atoms with Crippen LogP contribution in [0.1, 0.15) is 56.6 Å². The van der Waals surface area contributed by atoms with Gasteiger partial charge in [-0.1, -0.05) is 32.1 Å². The largest absolute Gasteiger partial charge is 0.472 e. The summed E-state index contributed by atoms with van der Waals surface area (Å²) in [6.45, 7) is 0. The molecule has 0 radical (unpaired) electrons. The van der Waals surface area contributed by atoms with Crippen molar-refractivity contribution in [3.63, 3.8) is 0 Å². The van der Waals surface area contributed by atoms with Crippen LogP contribution in [0.15, 0.2) is 23.0 Å². The second-order valence-electron chi connectivity index (χ2n) is 4.81. The molecule has 3 N–H and O–H groups in total. The summed E-state index contributed by atoms with van der Waals surface area (Å²) in [6, 6.07) is 2.28. The first kappa shape index (κ1) is 11.7. The van der Waals surface area contributed by atoms with Crippen LogP contribution in [0.25, 0.3) is 0 Å². The van der Waals surface area contributed by atoms with Gasteiger partial charge in [0.15, 0.2) is 0 Å². The summed E-state index contributed by atoms with van der Waals surface area (Å²) in [5, 5.41) is 0. The standard InChI is InChI=1S/C13H22N2O/c14-15-13(12-8-9-16-10-12)11-6-4-2-1-3-5-7-11/h8-11,13,15H,1-7,14H2. The van der Waals surface area contributed by atoms with Gasteiger partial charge in [0, 0.05) is 5.56 Å². The number of nitrogens with one attached hydrogen (secondary N) is 1. The number of nitrogens with two attached hydrogens (primary N) is 1. The van der Waals surface area contributed by atoms with E-state index in [0.29, 0.717) is 5.92 Å². The van der Waals surface area contributed by atoms with Gasteiger partial charge in [-0.2, -0.15) is 0 Å². The van der Waals surface area contributed by atoms with Crippen LogP contribution in [0.2, 0.25) is 0 Å². The van der Waals surface area contributed by atoms with Gasteiger partial charge in [-0.25, -0.2) is 0 Å². The molecule has 1 heterocycles. The van der Waals surface area contributed by atoms with Crippen molar-refractivity contribution in [3.8, 4) is 0 Å². The SMILES string of the molecule is NNC(c1ccoc1)C1CCCCCCC1. The molecule has 3 nitrogen and oxygen atoms in total. The first-order valence-electron chi connectivity index (χ1n) is 6.40. The topological polar surface area (TPSA) is 51.2 Å². The number of hydrazine groups is 1. The second-order valence-corrected chi connectivity index (χ2v) is 4.81. The Kier molecular flexibility index (Phi) is 4.43. The van der Waals surface area contributed by atoms with Crippen LogP contribution < -0.4 is 11.3 Å². The average Bonchev–Trinajstić information content (AvgIpc) is 2.75. The van der Waals surface area contributed by atoms with Crippen LogP contribution >= 0.6 is 0 Å². The first-order chi connectivity index (χ1) is 7.92. The number of hydrogen-bond acceptors (Lipinski definition) is 3. The lowest BCUT2D eigenvalue weighted by Gasteiger charge is -2.27. The molecule has 0 saturated heterocycles. The summed E-state index contributed by atoms with van der Waals surface area (Å²) in [5.41, 5.74) is 4.15. The van der Waals surface area contributed by atoms with Gasteiger partial charge in [0.1, 0.15) is 0 Å². The molecule has 0 amide bonds. The van der Waals surface area contributed by atoms with E-state index in [4.69, 9.17) is 10.3 Å². The zero-order chi connectivity index (χ0) is 11.2. The number of rotatable bonds is 3. The van der Waals surface area contributed by atoms with Gasteiger partial charge < -0.3 is 4.42 Å². The van der Waals surface area contributed by atoms with E-state index < -0.39 is 0 Å². The van der Waals surface area contributed by atoms with E-state index in [2.05, 4.69) is 5.43 Å². The highest BCUT2D eigenvalue weighted by molar-refractivity contribution is 5.12. The van der Waals surface area contributed by atoms with Crippen LogP contribution in [-0.2, 0) is 0 Å². The van der Waals surface area contributed by atoms with E-state index in [-0.39, 0.29) is 6.04 Å². The normalized spacial score (nSPS) is 21.3. The lowest BCUT2D eigenvalue weighted by Crippen LogP contribution is -2.33. The van der Waals surface area contributed by atoms with Crippen molar-refractivity contribution < 1.29 is 4.42 Å². The molecular formula is C13H22N2O. The minimum absolute atomic E-state index is 0.261. The third-order valence-electron chi connectivity index (χ3n) is 3.70. The fraction of sp³-hybridized carbons (Fsp3) is 0.692. The van der Waals surface area contributed by atoms with Gasteiger partial charge in [-0.3, -0.25) is 11.3 Å². The van der Waals surface area contributed by atoms with Crippen molar-refractivity contribution in [2.45, 2.75) is 51.0 Å². The lowest BCUT2D eigenvalue weighted by molar-refractivity contribution is 0.289. The van der Waals surface area contributed by atoms with Crippen LogP contribution in [0.5, 0.6) is 0 Å². The van der Waals surface area contributed by atoms with Crippen molar-refractivity contribution in [2.75, 3.05) is 0 Å². The molecule has 1 aliphatic carbocycles. The summed E-state index contributed by atoms with van der Waals surface area (Å²) in [7, 11) is 0. The van der Waals surface area contributed by atoms with E-state index in [9.17, 15) is 0 Å². The Morgan fingerprint density at radius 2 is 1.88 bits per heavy atom. The summed E-state index contributed by atoms with van der Waals surface area (Å²) in [4.78, 5) is 0. The van der Waals surface area contributed by atoms with Crippen molar-refractivity contribution in [3.05, 3.63) is 24.2 Å². The Balaban J connectivity index is 2.01. The molecule has 1 aliphatic rings. The Hall–Kier alpha value is -0.800. The van der Waals surface area contributed by atoms with E-state index in [0.717, 1.165) is 0 Å². The highest BCUT2D eigenvalue weighted by atomic mass is 16.3. The molecule has 3 heteroatoms. The summed E-state index contributed by atoms with van der Waals surface area (Å²) < 4.78 is 5.15. The van der Waals surface area contributed by atoms with Crippen LogP contribution in [0, 0.1) is 5.92 Å². The summed E-state index contributed by atoms with van der Waals surface area (Å²) in [5.74, 6) is 6.35. The van der Waals surface area contributed by atoms with Crippen molar-refractivity contribution in [1.29, 1.82) is 0 Å².